The van der Waals surface area contributed by atoms with Gasteiger partial charge >= 0.3 is 0 Å². The molecule has 0 bridgehead atoms. The molecule has 1 aromatic heterocycles. The standard InChI is InChI=1S/C10H6IN3.HI/c11-8-4-6-12-7-14-10(8)9-3-1-2-5-13-9;/h1-5,7H;1H. The lowest BCUT2D eigenvalue weighted by molar-refractivity contribution is -0.381. The minimum Gasteiger partial charge on any atom is -1.00 e. The molecule has 3 nitrogen and oxygen atoms in total. The van der Waals surface area contributed by atoms with Gasteiger partial charge in [0.05, 0.1) is 3.58 Å². The first-order valence-corrected chi connectivity index (χ1v) is 5.14. The van der Waals surface area contributed by atoms with E-state index in [2.05, 4.69) is 43.4 Å². The van der Waals surface area contributed by atoms with E-state index in [9.17, 15) is 0 Å². The Hall–Kier alpha value is -0.530. The van der Waals surface area contributed by atoms with E-state index in [1.54, 1.807) is 0 Å². The fourth-order valence-corrected chi connectivity index (χ4v) is 1.65. The van der Waals surface area contributed by atoms with E-state index in [-0.39, 0.29) is 24.0 Å². The largest absolute Gasteiger partial charge is 1.00 e. The highest BCUT2D eigenvalue weighted by Gasteiger charge is 2.10. The van der Waals surface area contributed by atoms with Crippen LogP contribution in [0.5, 0.6) is 0 Å². The summed E-state index contributed by atoms with van der Waals surface area (Å²) in [6, 6.07) is 5.88. The maximum absolute atomic E-state index is 4.23. The summed E-state index contributed by atoms with van der Waals surface area (Å²) in [7, 11) is 0. The summed E-state index contributed by atoms with van der Waals surface area (Å²) in [5, 5.41) is 0. The minimum atomic E-state index is 0. The van der Waals surface area contributed by atoms with E-state index in [0.717, 1.165) is 15.0 Å². The number of pyridine rings is 1. The monoisotopic (exact) mass is 423 g/mol. The quantitative estimate of drug-likeness (QED) is 0.514. The van der Waals surface area contributed by atoms with Gasteiger partial charge in [-0.05, 0) is 34.5 Å². The van der Waals surface area contributed by atoms with Crippen LogP contribution < -0.4 is 29.0 Å². The zero-order chi connectivity index (χ0) is 9.80. The average Bonchev–Trinajstić information content (AvgIpc) is 2.44. The van der Waals surface area contributed by atoms with Crippen molar-refractivity contribution in [2.75, 3.05) is 0 Å². The third-order valence-electron chi connectivity index (χ3n) is 1.70. The van der Waals surface area contributed by atoms with Gasteiger partial charge in [-0.15, -0.1) is 0 Å². The molecule has 0 spiro atoms. The Balaban J connectivity index is 0.00000112. The van der Waals surface area contributed by atoms with Gasteiger partial charge in [-0.1, -0.05) is 0 Å². The van der Waals surface area contributed by atoms with Crippen molar-refractivity contribution in [3.05, 3.63) is 39.7 Å². The molecule has 0 amide bonds. The minimum absolute atomic E-state index is 0. The van der Waals surface area contributed by atoms with Crippen molar-refractivity contribution in [1.29, 1.82) is 0 Å². The van der Waals surface area contributed by atoms with Crippen LogP contribution in [0.1, 0.15) is 5.69 Å². The van der Waals surface area contributed by atoms with Gasteiger partial charge in [0.25, 0.3) is 0 Å². The molecule has 0 aliphatic carbocycles. The van der Waals surface area contributed by atoms with Crippen LogP contribution in [0.4, 0.5) is 0 Å². The molecule has 0 saturated heterocycles. The number of aromatic nitrogens is 1. The Bertz CT molecular complexity index is 457. The van der Waals surface area contributed by atoms with Crippen molar-refractivity contribution in [1.82, 2.24) is 0 Å². The Morgan fingerprint density at radius 2 is 2.20 bits per heavy atom. The molecule has 1 aliphatic rings. The van der Waals surface area contributed by atoms with E-state index < -0.39 is 0 Å². The number of aromatic amines is 1. The third kappa shape index (κ3) is 3.22. The first kappa shape index (κ1) is 12.5. The van der Waals surface area contributed by atoms with Crippen LogP contribution in [0.15, 0.2) is 44.0 Å². The van der Waals surface area contributed by atoms with Gasteiger partial charge in [0, 0.05) is 18.2 Å². The summed E-state index contributed by atoms with van der Waals surface area (Å²) in [6.45, 7) is 0. The van der Waals surface area contributed by atoms with Crippen LogP contribution in [-0.2, 0) is 0 Å². The SMILES string of the molecule is IC1=C(c2cccc[nH+]2)N=CN=C=C1.[I-]. The predicted octanol–water partition coefficient (Wildman–Crippen LogP) is -1.12. The normalized spacial score (nSPS) is 13.7. The van der Waals surface area contributed by atoms with Crippen LogP contribution in [-0.4, -0.2) is 12.2 Å². The molecule has 1 aliphatic heterocycles. The number of halogens is 2. The highest BCUT2D eigenvalue weighted by molar-refractivity contribution is 14.1. The molecule has 0 unspecified atom stereocenters. The van der Waals surface area contributed by atoms with Gasteiger partial charge in [0.1, 0.15) is 6.34 Å². The third-order valence-corrected chi connectivity index (χ3v) is 2.52. The van der Waals surface area contributed by atoms with Crippen LogP contribution in [0.3, 0.4) is 0 Å². The van der Waals surface area contributed by atoms with E-state index >= 15 is 0 Å². The van der Waals surface area contributed by atoms with Gasteiger partial charge in [0.15, 0.2) is 11.9 Å². The maximum atomic E-state index is 4.23. The molecule has 76 valence electrons. The average molecular weight is 423 g/mol. The molecule has 0 aromatic carbocycles. The molecule has 2 rings (SSSR count). The number of hydrogen-bond acceptors (Lipinski definition) is 2. The second-order valence-electron chi connectivity index (χ2n) is 2.62. The molecule has 1 aromatic rings. The number of nitrogens with one attached hydrogen (secondary N) is 1. The maximum Gasteiger partial charge on any atom is 0.230 e. The van der Waals surface area contributed by atoms with E-state index in [0.29, 0.717) is 0 Å². The molecular formula is C10H7I2N3. The molecule has 5 heteroatoms. The molecule has 15 heavy (non-hydrogen) atoms. The lowest BCUT2D eigenvalue weighted by Crippen LogP contribution is -3.00. The van der Waals surface area contributed by atoms with Crippen LogP contribution in [0, 0.1) is 0 Å². The molecule has 0 atom stereocenters. The van der Waals surface area contributed by atoms with Crippen molar-refractivity contribution < 1.29 is 29.0 Å². The van der Waals surface area contributed by atoms with Crippen molar-refractivity contribution in [2.45, 2.75) is 0 Å². The van der Waals surface area contributed by atoms with Gasteiger partial charge in [0.2, 0.25) is 5.69 Å². The van der Waals surface area contributed by atoms with E-state index in [4.69, 9.17) is 0 Å². The molecule has 1 N–H and O–H groups in total. The van der Waals surface area contributed by atoms with Crippen LogP contribution in [0.2, 0.25) is 0 Å². The lowest BCUT2D eigenvalue weighted by Gasteiger charge is -1.95. The first-order valence-electron chi connectivity index (χ1n) is 4.06. The second kappa shape index (κ2) is 6.14. The smallest absolute Gasteiger partial charge is 0.230 e. The summed E-state index contributed by atoms with van der Waals surface area (Å²) in [5.74, 6) is 2.77. The summed E-state index contributed by atoms with van der Waals surface area (Å²) < 4.78 is 1.02. The Kier molecular flexibility index (Phi) is 5.13. The number of rotatable bonds is 1. The second-order valence-corrected chi connectivity index (χ2v) is 3.78. The summed E-state index contributed by atoms with van der Waals surface area (Å²) in [4.78, 5) is 11.2. The number of nitrogens with zero attached hydrogens (tertiary/aromatic N) is 2. The fraction of sp³-hybridized carbons (Fsp3) is 0. The van der Waals surface area contributed by atoms with Gasteiger partial charge in [-0.2, -0.15) is 4.99 Å². The number of H-pyrrole nitrogens is 1. The Morgan fingerprint density at radius 1 is 1.33 bits per heavy atom. The molecular weight excluding hydrogens is 416 g/mol. The Morgan fingerprint density at radius 3 is 2.93 bits per heavy atom. The number of hydrogen-bond donors (Lipinski definition) is 0. The fourth-order valence-electron chi connectivity index (χ4n) is 1.08. The molecule has 0 fully saturated rings. The highest BCUT2D eigenvalue weighted by atomic mass is 127. The predicted molar refractivity (Wildman–Crippen MR) is 64.4 cm³/mol. The van der Waals surface area contributed by atoms with Gasteiger partial charge < -0.3 is 24.0 Å². The topological polar surface area (TPSA) is 38.9 Å². The number of allylic oxidation sites excluding steroid dienone is 2. The van der Waals surface area contributed by atoms with Gasteiger partial charge in [-0.25, -0.2) is 9.98 Å². The van der Waals surface area contributed by atoms with E-state index in [1.807, 2.05) is 30.5 Å². The Labute approximate surface area is 118 Å². The molecule has 2 heterocycles. The van der Waals surface area contributed by atoms with Crippen molar-refractivity contribution in [3.63, 3.8) is 0 Å². The molecule has 0 saturated carbocycles. The highest BCUT2D eigenvalue weighted by Crippen LogP contribution is 2.22. The van der Waals surface area contributed by atoms with Crippen molar-refractivity contribution >= 4 is 40.5 Å². The number of aliphatic imine (C=N–C) groups is 2. The summed E-state index contributed by atoms with van der Waals surface area (Å²) in [6.07, 6.45) is 5.18. The van der Waals surface area contributed by atoms with Crippen molar-refractivity contribution in [3.8, 4) is 0 Å². The van der Waals surface area contributed by atoms with Crippen molar-refractivity contribution in [2.24, 2.45) is 9.98 Å². The van der Waals surface area contributed by atoms with E-state index in [1.165, 1.54) is 6.34 Å². The van der Waals surface area contributed by atoms with Crippen LogP contribution >= 0.6 is 22.6 Å². The summed E-state index contributed by atoms with van der Waals surface area (Å²) in [5.41, 5.74) is 1.86. The summed E-state index contributed by atoms with van der Waals surface area (Å²) >= 11 is 2.21. The van der Waals surface area contributed by atoms with Gasteiger partial charge in [-0.3, -0.25) is 0 Å². The first-order chi connectivity index (χ1) is 6.88. The zero-order valence-corrected chi connectivity index (χ0v) is 11.9. The van der Waals surface area contributed by atoms with Crippen LogP contribution in [0.25, 0.3) is 5.70 Å². The molecule has 0 radical (unpaired) electrons. The lowest BCUT2D eigenvalue weighted by atomic mass is 10.2. The zero-order valence-electron chi connectivity index (χ0n) is 7.61.